The van der Waals surface area contributed by atoms with Crippen LogP contribution in [0.3, 0.4) is 0 Å². The van der Waals surface area contributed by atoms with Crippen LogP contribution in [0.1, 0.15) is 12.7 Å². The molecule has 5 nitrogen and oxygen atoms in total. The fourth-order valence-corrected chi connectivity index (χ4v) is 2.45. The molecule has 0 unspecified atom stereocenters. The first-order chi connectivity index (χ1) is 11.7. The lowest BCUT2D eigenvalue weighted by molar-refractivity contribution is -0.114. The second-order valence-corrected chi connectivity index (χ2v) is 5.49. The molecule has 0 atom stereocenters. The van der Waals surface area contributed by atoms with Gasteiger partial charge < -0.3 is 15.1 Å². The third-order valence-corrected chi connectivity index (χ3v) is 3.58. The lowest BCUT2D eigenvalue weighted by Crippen LogP contribution is -2.06. The maximum atomic E-state index is 11.0. The van der Waals surface area contributed by atoms with Gasteiger partial charge in [-0.25, -0.2) is 4.98 Å². The predicted molar refractivity (Wildman–Crippen MR) is 94.4 cm³/mol. The van der Waals surface area contributed by atoms with E-state index in [1.807, 2.05) is 49.5 Å². The number of carbonyl (C=O) groups excluding carboxylic acids is 1. The zero-order valence-electron chi connectivity index (χ0n) is 13.7. The Morgan fingerprint density at radius 2 is 1.71 bits per heavy atom. The van der Waals surface area contributed by atoms with Gasteiger partial charge in [0.2, 0.25) is 5.91 Å². The highest BCUT2D eigenvalue weighted by Gasteiger charge is 2.06. The van der Waals surface area contributed by atoms with E-state index in [0.29, 0.717) is 12.4 Å². The number of rotatable bonds is 5. The number of nitrogens with zero attached hydrogens (tertiary/aromatic N) is 1. The van der Waals surface area contributed by atoms with E-state index < -0.39 is 0 Å². The molecule has 0 spiro atoms. The van der Waals surface area contributed by atoms with Crippen molar-refractivity contribution in [1.29, 1.82) is 0 Å². The standard InChI is InChI=1S/C19H19N3O2/c1-13(23)22-19-10-7-16(11-21-19)14-3-5-15(6-4-14)18-9-8-17(24-18)12-20-2/h3-11,20H,12H2,1-2H3,(H,21,22,23). The molecule has 0 radical (unpaired) electrons. The van der Waals surface area contributed by atoms with Crippen molar-refractivity contribution in [1.82, 2.24) is 10.3 Å². The zero-order chi connectivity index (χ0) is 16.9. The number of furan rings is 1. The summed E-state index contributed by atoms with van der Waals surface area (Å²) >= 11 is 0. The molecule has 3 aromatic rings. The Bertz CT molecular complexity index is 821. The molecular weight excluding hydrogens is 302 g/mol. The zero-order valence-corrected chi connectivity index (χ0v) is 13.7. The van der Waals surface area contributed by atoms with E-state index in [2.05, 4.69) is 15.6 Å². The lowest BCUT2D eigenvalue weighted by Gasteiger charge is -2.05. The molecule has 2 heterocycles. The number of anilines is 1. The first-order valence-corrected chi connectivity index (χ1v) is 7.73. The van der Waals surface area contributed by atoms with Gasteiger partial charge in [0, 0.05) is 24.2 Å². The third-order valence-electron chi connectivity index (χ3n) is 3.58. The maximum absolute atomic E-state index is 11.0. The van der Waals surface area contributed by atoms with Gasteiger partial charge in [-0.3, -0.25) is 4.79 Å². The van der Waals surface area contributed by atoms with Gasteiger partial charge in [-0.15, -0.1) is 0 Å². The van der Waals surface area contributed by atoms with E-state index in [1.54, 1.807) is 12.3 Å². The molecule has 5 heteroatoms. The number of benzene rings is 1. The predicted octanol–water partition coefficient (Wildman–Crippen LogP) is 3.69. The van der Waals surface area contributed by atoms with E-state index in [-0.39, 0.29) is 5.91 Å². The number of nitrogens with one attached hydrogen (secondary N) is 2. The van der Waals surface area contributed by atoms with Gasteiger partial charge in [0.1, 0.15) is 17.3 Å². The lowest BCUT2D eigenvalue weighted by atomic mass is 10.0. The van der Waals surface area contributed by atoms with Crippen LogP contribution in [0.2, 0.25) is 0 Å². The minimum Gasteiger partial charge on any atom is -0.460 e. The molecule has 0 saturated heterocycles. The van der Waals surface area contributed by atoms with Crippen molar-refractivity contribution >= 4 is 11.7 Å². The molecule has 0 aliphatic carbocycles. The average molecular weight is 321 g/mol. The molecule has 0 bridgehead atoms. The quantitative estimate of drug-likeness (QED) is 0.752. The molecule has 1 aromatic carbocycles. The van der Waals surface area contributed by atoms with Crippen LogP contribution in [0.25, 0.3) is 22.5 Å². The summed E-state index contributed by atoms with van der Waals surface area (Å²) in [6, 6.07) is 15.8. The molecule has 1 amide bonds. The normalized spacial score (nSPS) is 10.6. The molecule has 0 aliphatic heterocycles. The van der Waals surface area contributed by atoms with Gasteiger partial charge >= 0.3 is 0 Å². The smallest absolute Gasteiger partial charge is 0.222 e. The van der Waals surface area contributed by atoms with Gasteiger partial charge in [0.05, 0.1) is 6.54 Å². The summed E-state index contributed by atoms with van der Waals surface area (Å²) in [5.74, 6) is 2.19. The SMILES string of the molecule is CNCc1ccc(-c2ccc(-c3ccc(NC(C)=O)nc3)cc2)o1. The van der Waals surface area contributed by atoms with Crippen molar-refractivity contribution in [3.8, 4) is 22.5 Å². The summed E-state index contributed by atoms with van der Waals surface area (Å²) in [7, 11) is 1.89. The molecule has 0 aliphatic rings. The fraction of sp³-hybridized carbons (Fsp3) is 0.158. The minimum absolute atomic E-state index is 0.129. The van der Waals surface area contributed by atoms with Crippen LogP contribution in [0.15, 0.2) is 59.1 Å². The molecular formula is C19H19N3O2. The van der Waals surface area contributed by atoms with E-state index in [9.17, 15) is 4.79 Å². The summed E-state index contributed by atoms with van der Waals surface area (Å²) in [5.41, 5.74) is 3.08. The summed E-state index contributed by atoms with van der Waals surface area (Å²) < 4.78 is 5.79. The topological polar surface area (TPSA) is 67.2 Å². The van der Waals surface area contributed by atoms with E-state index in [1.165, 1.54) is 6.92 Å². The Kier molecular flexibility index (Phi) is 4.72. The first kappa shape index (κ1) is 16.0. The number of amides is 1. The van der Waals surface area contributed by atoms with E-state index >= 15 is 0 Å². The highest BCUT2D eigenvalue weighted by molar-refractivity contribution is 5.87. The van der Waals surface area contributed by atoms with Crippen molar-refractivity contribution in [3.63, 3.8) is 0 Å². The second-order valence-electron chi connectivity index (χ2n) is 5.49. The molecule has 3 rings (SSSR count). The molecule has 2 aromatic heterocycles. The number of hydrogen-bond acceptors (Lipinski definition) is 4. The maximum Gasteiger partial charge on any atom is 0.222 e. The Hall–Kier alpha value is -2.92. The second kappa shape index (κ2) is 7.10. The average Bonchev–Trinajstić information content (AvgIpc) is 3.04. The summed E-state index contributed by atoms with van der Waals surface area (Å²) in [4.78, 5) is 15.3. The van der Waals surface area contributed by atoms with Crippen molar-refractivity contribution < 1.29 is 9.21 Å². The van der Waals surface area contributed by atoms with Gasteiger partial charge in [-0.1, -0.05) is 24.3 Å². The summed E-state index contributed by atoms with van der Waals surface area (Å²) in [6.45, 7) is 2.18. The number of hydrogen-bond donors (Lipinski definition) is 2. The van der Waals surface area contributed by atoms with Crippen molar-refractivity contribution in [2.75, 3.05) is 12.4 Å². The molecule has 0 saturated carbocycles. The van der Waals surface area contributed by atoms with Gasteiger partial charge in [-0.2, -0.15) is 0 Å². The Morgan fingerprint density at radius 3 is 2.33 bits per heavy atom. The van der Waals surface area contributed by atoms with Crippen LogP contribution in [-0.2, 0) is 11.3 Å². The Labute approximate surface area is 140 Å². The van der Waals surface area contributed by atoms with Gasteiger partial charge in [0.25, 0.3) is 0 Å². The molecule has 122 valence electrons. The molecule has 0 fully saturated rings. The highest BCUT2D eigenvalue weighted by atomic mass is 16.3. The van der Waals surface area contributed by atoms with Crippen molar-refractivity contribution in [2.45, 2.75) is 13.5 Å². The van der Waals surface area contributed by atoms with Gasteiger partial charge in [-0.05, 0) is 36.9 Å². The van der Waals surface area contributed by atoms with Crippen LogP contribution in [-0.4, -0.2) is 17.9 Å². The van der Waals surface area contributed by atoms with Gasteiger partial charge in [0.15, 0.2) is 0 Å². The third kappa shape index (κ3) is 3.70. The van der Waals surface area contributed by atoms with Crippen LogP contribution < -0.4 is 10.6 Å². The van der Waals surface area contributed by atoms with Crippen molar-refractivity contribution in [2.24, 2.45) is 0 Å². The minimum atomic E-state index is -0.129. The number of carbonyl (C=O) groups is 1. The monoisotopic (exact) mass is 321 g/mol. The number of aromatic nitrogens is 1. The number of pyridine rings is 1. The fourth-order valence-electron chi connectivity index (χ4n) is 2.45. The van der Waals surface area contributed by atoms with E-state index in [0.717, 1.165) is 28.2 Å². The molecule has 24 heavy (non-hydrogen) atoms. The molecule has 2 N–H and O–H groups in total. The Morgan fingerprint density at radius 1 is 1.00 bits per heavy atom. The first-order valence-electron chi connectivity index (χ1n) is 7.73. The Balaban J connectivity index is 1.77. The van der Waals surface area contributed by atoms with Crippen LogP contribution >= 0.6 is 0 Å². The van der Waals surface area contributed by atoms with Crippen LogP contribution in [0, 0.1) is 0 Å². The van der Waals surface area contributed by atoms with E-state index in [4.69, 9.17) is 4.42 Å². The largest absolute Gasteiger partial charge is 0.460 e. The van der Waals surface area contributed by atoms with Crippen LogP contribution in [0.5, 0.6) is 0 Å². The highest BCUT2D eigenvalue weighted by Crippen LogP contribution is 2.26. The summed E-state index contributed by atoms with van der Waals surface area (Å²) in [5, 5.41) is 5.73. The van der Waals surface area contributed by atoms with Crippen molar-refractivity contribution in [3.05, 3.63) is 60.5 Å². The van der Waals surface area contributed by atoms with Crippen LogP contribution in [0.4, 0.5) is 5.82 Å². The summed E-state index contributed by atoms with van der Waals surface area (Å²) in [6.07, 6.45) is 1.75.